The second-order valence-electron chi connectivity index (χ2n) is 4.11. The van der Waals surface area contributed by atoms with E-state index < -0.39 is 23.8 Å². The van der Waals surface area contributed by atoms with Crippen LogP contribution in [0.3, 0.4) is 0 Å². The lowest BCUT2D eigenvalue weighted by atomic mass is 10.1. The molecule has 0 saturated carbocycles. The van der Waals surface area contributed by atoms with Gasteiger partial charge in [-0.3, -0.25) is 9.59 Å². The first-order valence-corrected chi connectivity index (χ1v) is 5.81. The summed E-state index contributed by atoms with van der Waals surface area (Å²) in [5.41, 5.74) is -0.500. The maximum atomic E-state index is 11.5. The molecule has 0 bridgehead atoms. The average molecular weight is 294 g/mol. The lowest BCUT2D eigenvalue weighted by molar-refractivity contribution is -0.115. The van der Waals surface area contributed by atoms with Gasteiger partial charge in [-0.25, -0.2) is 9.59 Å². The highest BCUT2D eigenvalue weighted by Crippen LogP contribution is 2.29. The van der Waals surface area contributed by atoms with Crippen molar-refractivity contribution in [1.29, 1.82) is 0 Å². The summed E-state index contributed by atoms with van der Waals surface area (Å²) in [5.74, 6) is -3.13. The third-order valence-electron chi connectivity index (χ3n) is 2.40. The zero-order valence-corrected chi connectivity index (χ0v) is 11.6. The van der Waals surface area contributed by atoms with Crippen molar-refractivity contribution in [3.05, 3.63) is 23.3 Å². The normalized spacial score (nSPS) is 9.67. The van der Waals surface area contributed by atoms with Gasteiger partial charge in [0, 0.05) is 13.8 Å². The van der Waals surface area contributed by atoms with E-state index in [4.69, 9.17) is 0 Å². The summed E-state index contributed by atoms with van der Waals surface area (Å²) in [6, 6.07) is 2.29. The maximum absolute atomic E-state index is 11.5. The third kappa shape index (κ3) is 4.03. The fourth-order valence-corrected chi connectivity index (χ4v) is 1.65. The molecule has 0 atom stereocenters. The Kier molecular flexibility index (Phi) is 5.01. The lowest BCUT2D eigenvalue weighted by Crippen LogP contribution is -2.17. The highest BCUT2D eigenvalue weighted by atomic mass is 16.5. The summed E-state index contributed by atoms with van der Waals surface area (Å²) >= 11 is 0. The van der Waals surface area contributed by atoms with Crippen LogP contribution < -0.4 is 10.6 Å². The summed E-state index contributed by atoms with van der Waals surface area (Å²) in [7, 11) is 1.14. The first-order valence-electron chi connectivity index (χ1n) is 5.81. The smallest absolute Gasteiger partial charge is 0.337 e. The summed E-state index contributed by atoms with van der Waals surface area (Å²) in [6.07, 6.45) is 0. The summed E-state index contributed by atoms with van der Waals surface area (Å²) in [6.45, 7) is 2.40. The third-order valence-corrected chi connectivity index (χ3v) is 2.40. The van der Waals surface area contributed by atoms with Crippen LogP contribution in [0.4, 0.5) is 11.4 Å². The predicted molar refractivity (Wildman–Crippen MR) is 73.3 cm³/mol. The van der Waals surface area contributed by atoms with Crippen molar-refractivity contribution in [2.45, 2.75) is 13.8 Å². The van der Waals surface area contributed by atoms with E-state index in [1.807, 2.05) is 0 Å². The molecule has 1 aromatic carbocycles. The molecule has 1 rings (SSSR count). The number of ether oxygens (including phenoxy) is 1. The van der Waals surface area contributed by atoms with Gasteiger partial charge in [0.15, 0.2) is 0 Å². The number of carbonyl (C=O) groups excluding carboxylic acids is 3. The molecule has 21 heavy (non-hydrogen) atoms. The monoisotopic (exact) mass is 294 g/mol. The molecule has 0 aliphatic heterocycles. The van der Waals surface area contributed by atoms with E-state index in [2.05, 4.69) is 15.4 Å². The molecule has 1 aromatic rings. The van der Waals surface area contributed by atoms with Crippen molar-refractivity contribution < 1.29 is 29.0 Å². The quantitative estimate of drug-likeness (QED) is 0.714. The molecule has 0 unspecified atom stereocenters. The lowest BCUT2D eigenvalue weighted by Gasteiger charge is -2.15. The number of hydrogen-bond donors (Lipinski definition) is 3. The second-order valence-corrected chi connectivity index (χ2v) is 4.11. The highest BCUT2D eigenvalue weighted by molar-refractivity contribution is 6.09. The molecular weight excluding hydrogens is 280 g/mol. The van der Waals surface area contributed by atoms with E-state index in [1.165, 1.54) is 19.9 Å². The highest BCUT2D eigenvalue weighted by Gasteiger charge is 2.20. The number of carbonyl (C=O) groups is 4. The Morgan fingerprint density at radius 2 is 1.62 bits per heavy atom. The van der Waals surface area contributed by atoms with Gasteiger partial charge >= 0.3 is 11.9 Å². The molecule has 0 aliphatic carbocycles. The van der Waals surface area contributed by atoms with Gasteiger partial charge in [0.2, 0.25) is 11.8 Å². The summed E-state index contributed by atoms with van der Waals surface area (Å²) in [4.78, 5) is 45.2. The minimum atomic E-state index is -1.36. The Hall–Kier alpha value is -2.90. The van der Waals surface area contributed by atoms with Crippen LogP contribution in [0.1, 0.15) is 34.6 Å². The van der Waals surface area contributed by atoms with Gasteiger partial charge in [-0.1, -0.05) is 0 Å². The number of carboxylic acids is 1. The van der Waals surface area contributed by atoms with Crippen LogP contribution in [0.25, 0.3) is 0 Å². The largest absolute Gasteiger partial charge is 0.478 e. The van der Waals surface area contributed by atoms with Crippen LogP contribution in [-0.4, -0.2) is 36.0 Å². The summed E-state index contributed by atoms with van der Waals surface area (Å²) < 4.78 is 4.52. The number of nitrogens with one attached hydrogen (secondary N) is 2. The van der Waals surface area contributed by atoms with Crippen LogP contribution in [0, 0.1) is 0 Å². The fourth-order valence-electron chi connectivity index (χ4n) is 1.65. The van der Waals surface area contributed by atoms with Crippen molar-refractivity contribution in [3.63, 3.8) is 0 Å². The predicted octanol–water partition coefficient (Wildman–Crippen LogP) is 1.09. The molecule has 0 aromatic heterocycles. The molecule has 3 N–H and O–H groups in total. The van der Waals surface area contributed by atoms with Crippen LogP contribution in [0.2, 0.25) is 0 Å². The van der Waals surface area contributed by atoms with E-state index in [9.17, 15) is 24.3 Å². The van der Waals surface area contributed by atoms with Crippen LogP contribution in [-0.2, 0) is 14.3 Å². The van der Waals surface area contributed by atoms with E-state index in [-0.39, 0.29) is 22.5 Å². The topological polar surface area (TPSA) is 122 Å². The first kappa shape index (κ1) is 16.2. The SMILES string of the molecule is COC(=O)c1cc(NC(C)=O)c(NC(C)=O)c(C(=O)O)c1. The molecule has 2 amide bonds. The van der Waals surface area contributed by atoms with Gasteiger partial charge < -0.3 is 20.5 Å². The molecular formula is C13H14N2O6. The van der Waals surface area contributed by atoms with Crippen molar-refractivity contribution in [2.75, 3.05) is 17.7 Å². The van der Waals surface area contributed by atoms with E-state index >= 15 is 0 Å². The zero-order valence-electron chi connectivity index (χ0n) is 11.6. The number of carboxylic acid groups (broad SMARTS) is 1. The number of amides is 2. The molecule has 8 nitrogen and oxygen atoms in total. The number of aromatic carboxylic acids is 1. The number of anilines is 2. The minimum absolute atomic E-state index is 0.00185. The number of hydrogen-bond acceptors (Lipinski definition) is 5. The number of benzene rings is 1. The van der Waals surface area contributed by atoms with Crippen molar-refractivity contribution in [3.8, 4) is 0 Å². The van der Waals surface area contributed by atoms with Crippen molar-refractivity contribution in [2.24, 2.45) is 0 Å². The van der Waals surface area contributed by atoms with E-state index in [0.29, 0.717) is 0 Å². The molecule has 0 heterocycles. The molecule has 8 heteroatoms. The molecule has 0 spiro atoms. The zero-order chi connectivity index (χ0) is 16.2. The molecule has 112 valence electrons. The van der Waals surface area contributed by atoms with Gasteiger partial charge in [0.1, 0.15) is 0 Å². The fraction of sp³-hybridized carbons (Fsp3) is 0.231. The molecule has 0 aliphatic rings. The molecule has 0 saturated heterocycles. The van der Waals surface area contributed by atoms with Gasteiger partial charge in [-0.2, -0.15) is 0 Å². The number of rotatable bonds is 4. The van der Waals surface area contributed by atoms with Crippen molar-refractivity contribution in [1.82, 2.24) is 0 Å². The Balaban J connectivity index is 3.56. The number of methoxy groups -OCH3 is 1. The summed E-state index contributed by atoms with van der Waals surface area (Å²) in [5, 5.41) is 13.9. The molecule has 0 fully saturated rings. The van der Waals surface area contributed by atoms with Gasteiger partial charge in [0.25, 0.3) is 0 Å². The van der Waals surface area contributed by atoms with Crippen LogP contribution in [0.5, 0.6) is 0 Å². The number of esters is 1. The second kappa shape index (κ2) is 6.51. The van der Waals surface area contributed by atoms with E-state index in [0.717, 1.165) is 13.2 Å². The van der Waals surface area contributed by atoms with Crippen LogP contribution in [0.15, 0.2) is 12.1 Å². The van der Waals surface area contributed by atoms with Crippen LogP contribution >= 0.6 is 0 Å². The Morgan fingerprint density at radius 1 is 1.05 bits per heavy atom. The maximum Gasteiger partial charge on any atom is 0.337 e. The van der Waals surface area contributed by atoms with Gasteiger partial charge in [-0.15, -0.1) is 0 Å². The Bertz CT molecular complexity index is 623. The van der Waals surface area contributed by atoms with Crippen molar-refractivity contribution >= 4 is 35.1 Å². The standard InChI is InChI=1S/C13H14N2O6/c1-6(16)14-10-5-8(13(20)21-3)4-9(12(18)19)11(10)15-7(2)17/h4-5H,1-3H3,(H,14,16)(H,15,17)(H,18,19). The Labute approximate surface area is 120 Å². The van der Waals surface area contributed by atoms with Gasteiger partial charge in [-0.05, 0) is 12.1 Å². The Morgan fingerprint density at radius 3 is 2.05 bits per heavy atom. The molecule has 0 radical (unpaired) electrons. The van der Waals surface area contributed by atoms with E-state index in [1.54, 1.807) is 0 Å². The van der Waals surface area contributed by atoms with Gasteiger partial charge in [0.05, 0.1) is 29.6 Å². The first-order chi connectivity index (χ1) is 9.76. The average Bonchev–Trinajstić information content (AvgIpc) is 2.38. The minimum Gasteiger partial charge on any atom is -0.478 e.